The molecule has 5 nitrogen and oxygen atoms in total. The maximum atomic E-state index is 13.2. The number of nitrogens with two attached hydrogens (primary N) is 1. The summed E-state index contributed by atoms with van der Waals surface area (Å²) in [6, 6.07) is 24.0. The van der Waals surface area contributed by atoms with E-state index in [-0.39, 0.29) is 22.3 Å². The van der Waals surface area contributed by atoms with E-state index in [1.165, 1.54) is 24.3 Å². The number of para-hydroxylation sites is 3. The highest BCUT2D eigenvalue weighted by molar-refractivity contribution is 6.33. The number of nitrogens with zero attached hydrogens (tertiary/aromatic N) is 2. The Kier molecular flexibility index (Phi) is 7.73. The third kappa shape index (κ3) is 5.98. The number of amides is 1. The van der Waals surface area contributed by atoms with Gasteiger partial charge in [-0.25, -0.2) is 4.99 Å². The number of halogens is 4. The fourth-order valence-electron chi connectivity index (χ4n) is 3.89. The molecule has 0 fully saturated rings. The average Bonchev–Trinajstić information content (AvgIpc) is 3.22. The van der Waals surface area contributed by atoms with Crippen LogP contribution in [0.15, 0.2) is 102 Å². The lowest BCUT2D eigenvalue weighted by molar-refractivity contribution is -0.0925. The van der Waals surface area contributed by atoms with Crippen molar-refractivity contribution in [2.75, 3.05) is 5.32 Å². The molecule has 0 aliphatic carbocycles. The van der Waals surface area contributed by atoms with Gasteiger partial charge in [-0.3, -0.25) is 4.79 Å². The van der Waals surface area contributed by atoms with E-state index in [2.05, 4.69) is 10.3 Å². The van der Waals surface area contributed by atoms with Crippen LogP contribution in [0.2, 0.25) is 5.02 Å². The van der Waals surface area contributed by atoms with Crippen molar-refractivity contribution in [2.45, 2.75) is 20.0 Å². The number of alkyl halides is 3. The zero-order chi connectivity index (χ0) is 27.4. The first-order valence-electron chi connectivity index (χ1n) is 11.6. The predicted molar refractivity (Wildman–Crippen MR) is 146 cm³/mol. The molecule has 0 saturated carbocycles. The van der Waals surface area contributed by atoms with Crippen LogP contribution in [0.1, 0.15) is 27.3 Å². The monoisotopic (exact) mass is 536 g/mol. The van der Waals surface area contributed by atoms with Gasteiger partial charge in [-0.15, -0.1) is 0 Å². The summed E-state index contributed by atoms with van der Waals surface area (Å²) in [6.07, 6.45) is -3.98. The summed E-state index contributed by atoms with van der Waals surface area (Å²) < 4.78 is 41.6. The largest absolute Gasteiger partial charge is 0.430 e. The van der Waals surface area contributed by atoms with Crippen molar-refractivity contribution in [1.29, 1.82) is 0 Å². The number of nitrogens with one attached hydrogen (secondary N) is 1. The van der Waals surface area contributed by atoms with E-state index >= 15 is 0 Å². The Morgan fingerprint density at radius 3 is 2.11 bits per heavy atom. The second-order valence-electron chi connectivity index (χ2n) is 8.55. The van der Waals surface area contributed by atoms with Crippen molar-refractivity contribution in [3.63, 3.8) is 0 Å². The first-order valence-corrected chi connectivity index (χ1v) is 12.0. The molecule has 0 bridgehead atoms. The van der Waals surface area contributed by atoms with E-state index in [1.807, 2.05) is 48.7 Å². The lowest BCUT2D eigenvalue weighted by Gasteiger charge is -2.15. The van der Waals surface area contributed by atoms with Gasteiger partial charge in [0.2, 0.25) is 0 Å². The molecule has 1 heterocycles. The fourth-order valence-corrected chi connectivity index (χ4v) is 4.07. The number of benzene rings is 3. The van der Waals surface area contributed by atoms with Gasteiger partial charge in [-0.05, 0) is 68.5 Å². The number of hydrogen-bond acceptors (Lipinski definition) is 3. The average molecular weight is 537 g/mol. The molecule has 0 aliphatic rings. The molecule has 1 aromatic heterocycles. The van der Waals surface area contributed by atoms with Crippen LogP contribution in [0.3, 0.4) is 0 Å². The predicted octanol–water partition coefficient (Wildman–Crippen LogP) is 7.53. The normalized spacial score (nSPS) is 12.5. The molecule has 1 amide bonds. The third-order valence-electron chi connectivity index (χ3n) is 5.82. The molecule has 0 unspecified atom stereocenters. The number of aromatic nitrogens is 1. The fraction of sp³-hybridized carbons (Fsp3) is 0.103. The molecule has 0 spiro atoms. The number of rotatable bonds is 6. The van der Waals surface area contributed by atoms with Gasteiger partial charge in [0.15, 0.2) is 0 Å². The molecule has 0 atom stereocenters. The van der Waals surface area contributed by atoms with Crippen LogP contribution in [0, 0.1) is 13.8 Å². The Morgan fingerprint density at radius 1 is 0.895 bits per heavy atom. The van der Waals surface area contributed by atoms with Gasteiger partial charge in [-0.2, -0.15) is 13.2 Å². The maximum absolute atomic E-state index is 13.2. The Labute approximate surface area is 223 Å². The van der Waals surface area contributed by atoms with Crippen molar-refractivity contribution in [3.8, 4) is 5.69 Å². The van der Waals surface area contributed by atoms with Crippen LogP contribution in [0.4, 0.5) is 24.5 Å². The molecule has 0 aliphatic heterocycles. The van der Waals surface area contributed by atoms with Crippen LogP contribution < -0.4 is 11.1 Å². The minimum absolute atomic E-state index is 0.0520. The van der Waals surface area contributed by atoms with Crippen LogP contribution in [-0.2, 0) is 0 Å². The van der Waals surface area contributed by atoms with Crippen molar-refractivity contribution >= 4 is 34.6 Å². The van der Waals surface area contributed by atoms with E-state index in [4.69, 9.17) is 17.3 Å². The molecular formula is C29H24ClF3N4O. The standard InChI is InChI=1S/C29H24ClF3N4O/c1-18-11-12-19(2)37(18)26-10-6-5-9-24(26)36-28(38)21-15-13-20(14-16-21)25(17-27(34)29(31,32)33)35-23-8-4-3-7-22(23)30/h3-17H,34H2,1-2H3,(H,36,38). The van der Waals surface area contributed by atoms with E-state index in [0.29, 0.717) is 16.8 Å². The minimum Gasteiger partial charge on any atom is -0.395 e. The first kappa shape index (κ1) is 26.8. The van der Waals surface area contributed by atoms with E-state index in [9.17, 15) is 18.0 Å². The molecule has 4 aromatic rings. The summed E-state index contributed by atoms with van der Waals surface area (Å²) in [7, 11) is 0. The maximum Gasteiger partial charge on any atom is 0.430 e. The van der Waals surface area contributed by atoms with Gasteiger partial charge in [0, 0.05) is 22.5 Å². The van der Waals surface area contributed by atoms with Gasteiger partial charge in [-0.1, -0.05) is 48.0 Å². The topological polar surface area (TPSA) is 72.4 Å². The summed E-state index contributed by atoms with van der Waals surface area (Å²) in [4.78, 5) is 17.4. The quantitative estimate of drug-likeness (QED) is 0.250. The third-order valence-corrected chi connectivity index (χ3v) is 6.14. The highest BCUT2D eigenvalue weighted by Crippen LogP contribution is 2.28. The van der Waals surface area contributed by atoms with E-state index in [1.54, 1.807) is 30.3 Å². The zero-order valence-electron chi connectivity index (χ0n) is 20.6. The van der Waals surface area contributed by atoms with E-state index in [0.717, 1.165) is 23.2 Å². The first-order chi connectivity index (χ1) is 18.0. The smallest absolute Gasteiger partial charge is 0.395 e. The van der Waals surface area contributed by atoms with Crippen molar-refractivity contribution in [3.05, 3.63) is 124 Å². The molecular weight excluding hydrogens is 513 g/mol. The SMILES string of the molecule is Cc1ccc(C)n1-c1ccccc1NC(=O)c1ccc(C(C=C(N)C(F)(F)F)=Nc2ccccc2Cl)cc1. The Bertz CT molecular complexity index is 1520. The van der Waals surface area contributed by atoms with E-state index < -0.39 is 11.9 Å². The van der Waals surface area contributed by atoms with Gasteiger partial charge in [0.1, 0.15) is 5.70 Å². The van der Waals surface area contributed by atoms with Crippen molar-refractivity contribution in [1.82, 2.24) is 4.57 Å². The highest BCUT2D eigenvalue weighted by Gasteiger charge is 2.31. The highest BCUT2D eigenvalue weighted by atomic mass is 35.5. The Hall–Kier alpha value is -4.30. The van der Waals surface area contributed by atoms with Crippen LogP contribution >= 0.6 is 11.6 Å². The molecule has 0 saturated heterocycles. The molecule has 38 heavy (non-hydrogen) atoms. The molecule has 3 N–H and O–H groups in total. The number of anilines is 1. The summed E-state index contributed by atoms with van der Waals surface area (Å²) in [5.41, 5.74) is 8.31. The summed E-state index contributed by atoms with van der Waals surface area (Å²) >= 11 is 6.16. The lowest BCUT2D eigenvalue weighted by atomic mass is 10.1. The summed E-state index contributed by atoms with van der Waals surface area (Å²) in [5.74, 6) is -0.374. The van der Waals surface area contributed by atoms with Crippen LogP contribution in [0.5, 0.6) is 0 Å². The number of aliphatic imine (C=N–C) groups is 1. The lowest BCUT2D eigenvalue weighted by Crippen LogP contribution is -2.21. The number of hydrogen-bond donors (Lipinski definition) is 2. The summed E-state index contributed by atoms with van der Waals surface area (Å²) in [6.45, 7) is 3.96. The van der Waals surface area contributed by atoms with Gasteiger partial charge >= 0.3 is 6.18 Å². The number of aryl methyl sites for hydroxylation is 2. The number of carbonyl (C=O) groups is 1. The molecule has 4 rings (SSSR count). The molecule has 3 aromatic carbocycles. The second kappa shape index (κ2) is 11.0. The molecule has 194 valence electrons. The molecule has 0 radical (unpaired) electrons. The Morgan fingerprint density at radius 2 is 1.47 bits per heavy atom. The van der Waals surface area contributed by atoms with Gasteiger partial charge in [0.05, 0.1) is 27.8 Å². The van der Waals surface area contributed by atoms with Gasteiger partial charge in [0.25, 0.3) is 5.91 Å². The minimum atomic E-state index is -4.73. The van der Waals surface area contributed by atoms with Crippen molar-refractivity contribution in [2.24, 2.45) is 10.7 Å². The van der Waals surface area contributed by atoms with Crippen LogP contribution in [0.25, 0.3) is 5.69 Å². The van der Waals surface area contributed by atoms with Gasteiger partial charge < -0.3 is 15.6 Å². The molecule has 9 heteroatoms. The number of carbonyl (C=O) groups excluding carboxylic acids is 1. The second-order valence-corrected chi connectivity index (χ2v) is 8.95. The number of allylic oxidation sites excluding steroid dienone is 2. The summed E-state index contributed by atoms with van der Waals surface area (Å²) in [5, 5.41) is 3.20. The van der Waals surface area contributed by atoms with Crippen molar-refractivity contribution < 1.29 is 18.0 Å². The zero-order valence-corrected chi connectivity index (χ0v) is 21.3. The van der Waals surface area contributed by atoms with Crippen LogP contribution in [-0.4, -0.2) is 22.4 Å². The Balaban J connectivity index is 1.65.